The number of aromatic hydroxyl groups is 1. The summed E-state index contributed by atoms with van der Waals surface area (Å²) in [6, 6.07) is 2.78. The molecule has 14 heavy (non-hydrogen) atoms. The molecule has 0 heterocycles. The first-order chi connectivity index (χ1) is 6.60. The molecule has 4 N–H and O–H groups in total. The van der Waals surface area contributed by atoms with E-state index in [0.717, 1.165) is 0 Å². The lowest BCUT2D eigenvalue weighted by molar-refractivity contribution is 0.267. The van der Waals surface area contributed by atoms with Crippen LogP contribution in [-0.2, 0) is 0 Å². The zero-order valence-corrected chi connectivity index (χ0v) is 9.28. The van der Waals surface area contributed by atoms with Crippen LogP contribution in [0.5, 0.6) is 11.5 Å². The number of hydrogen-bond acceptors (Lipinski definition) is 4. The minimum absolute atomic E-state index is 0.0291. The van der Waals surface area contributed by atoms with E-state index in [0.29, 0.717) is 15.8 Å². The van der Waals surface area contributed by atoms with Gasteiger partial charge in [-0.3, -0.25) is 0 Å². The summed E-state index contributed by atoms with van der Waals surface area (Å²) in [7, 11) is 1.45. The van der Waals surface area contributed by atoms with Crippen molar-refractivity contribution in [3.63, 3.8) is 0 Å². The van der Waals surface area contributed by atoms with Crippen molar-refractivity contribution < 1.29 is 14.9 Å². The van der Waals surface area contributed by atoms with Gasteiger partial charge in [-0.25, -0.2) is 0 Å². The molecule has 1 atom stereocenters. The molecule has 0 aromatic heterocycles. The van der Waals surface area contributed by atoms with E-state index >= 15 is 0 Å². The number of hydrogen-bond donors (Lipinski definition) is 3. The highest BCUT2D eigenvalue weighted by Gasteiger charge is 2.12. The summed E-state index contributed by atoms with van der Waals surface area (Å²) < 4.78 is 5.44. The lowest BCUT2D eigenvalue weighted by Gasteiger charge is -2.12. The van der Waals surface area contributed by atoms with Gasteiger partial charge in [-0.15, -0.1) is 0 Å². The molecule has 78 valence electrons. The van der Waals surface area contributed by atoms with Gasteiger partial charge in [0.2, 0.25) is 0 Å². The van der Waals surface area contributed by atoms with Gasteiger partial charge in [-0.2, -0.15) is 0 Å². The van der Waals surface area contributed by atoms with Crippen LogP contribution in [0.4, 0.5) is 0 Å². The van der Waals surface area contributed by atoms with Crippen LogP contribution in [0.3, 0.4) is 0 Å². The molecule has 0 saturated heterocycles. The normalized spacial score (nSPS) is 12.6. The molecule has 0 aliphatic rings. The first-order valence-corrected chi connectivity index (χ1v) is 4.82. The number of phenolic OH excluding ortho intramolecular Hbond substituents is 1. The topological polar surface area (TPSA) is 75.7 Å². The SMILES string of the molecule is COc1cc([C@H](N)CO)cc(Br)c1O. The molecule has 0 amide bonds. The molecule has 4 nitrogen and oxygen atoms in total. The van der Waals surface area contributed by atoms with Gasteiger partial charge in [0.1, 0.15) is 0 Å². The van der Waals surface area contributed by atoms with Crippen LogP contribution in [0.2, 0.25) is 0 Å². The molecule has 0 fully saturated rings. The first kappa shape index (κ1) is 11.3. The third-order valence-corrected chi connectivity index (χ3v) is 2.50. The van der Waals surface area contributed by atoms with Gasteiger partial charge in [0.05, 0.1) is 24.2 Å². The number of halogens is 1. The van der Waals surface area contributed by atoms with E-state index in [1.807, 2.05) is 0 Å². The van der Waals surface area contributed by atoms with Crippen molar-refractivity contribution in [2.24, 2.45) is 5.73 Å². The van der Waals surface area contributed by atoms with Crippen molar-refractivity contribution in [3.05, 3.63) is 22.2 Å². The molecule has 0 saturated carbocycles. The van der Waals surface area contributed by atoms with Crippen molar-refractivity contribution in [1.82, 2.24) is 0 Å². The Morgan fingerprint density at radius 1 is 1.57 bits per heavy atom. The second kappa shape index (κ2) is 4.63. The Hall–Kier alpha value is -0.780. The van der Waals surface area contributed by atoms with E-state index in [9.17, 15) is 5.11 Å². The largest absolute Gasteiger partial charge is 0.503 e. The van der Waals surface area contributed by atoms with Crippen LogP contribution >= 0.6 is 15.9 Å². The van der Waals surface area contributed by atoms with Crippen molar-refractivity contribution in [3.8, 4) is 11.5 Å². The maximum absolute atomic E-state index is 9.50. The highest BCUT2D eigenvalue weighted by atomic mass is 79.9. The Labute approximate surface area is 90.4 Å². The van der Waals surface area contributed by atoms with Gasteiger partial charge in [0.15, 0.2) is 11.5 Å². The van der Waals surface area contributed by atoms with Crippen LogP contribution in [0, 0.1) is 0 Å². The fourth-order valence-electron chi connectivity index (χ4n) is 1.07. The minimum Gasteiger partial charge on any atom is -0.503 e. The number of methoxy groups -OCH3 is 1. The second-order valence-corrected chi connectivity index (χ2v) is 3.70. The summed E-state index contributed by atoms with van der Waals surface area (Å²) in [6.45, 7) is -0.152. The van der Waals surface area contributed by atoms with Gasteiger partial charge in [-0.05, 0) is 33.6 Å². The quantitative estimate of drug-likeness (QED) is 0.763. The molecule has 1 rings (SSSR count). The Balaban J connectivity index is 3.16. The molecule has 0 bridgehead atoms. The molecule has 0 aliphatic heterocycles. The summed E-state index contributed by atoms with van der Waals surface area (Å²) in [5.74, 6) is 0.361. The first-order valence-electron chi connectivity index (χ1n) is 4.03. The Morgan fingerprint density at radius 2 is 2.21 bits per heavy atom. The average Bonchev–Trinajstić information content (AvgIpc) is 2.20. The summed E-state index contributed by atoms with van der Waals surface area (Å²) in [5.41, 5.74) is 6.33. The van der Waals surface area contributed by atoms with Gasteiger partial charge in [-0.1, -0.05) is 0 Å². The molecule has 0 unspecified atom stereocenters. The van der Waals surface area contributed by atoms with E-state index in [4.69, 9.17) is 15.6 Å². The monoisotopic (exact) mass is 261 g/mol. The predicted octanol–water partition coefficient (Wildman–Crippen LogP) is 1.16. The van der Waals surface area contributed by atoms with E-state index in [1.54, 1.807) is 12.1 Å². The Kier molecular flexibility index (Phi) is 3.74. The third-order valence-electron chi connectivity index (χ3n) is 1.90. The molecule has 5 heteroatoms. The number of benzene rings is 1. The average molecular weight is 262 g/mol. The second-order valence-electron chi connectivity index (χ2n) is 2.84. The molecule has 1 aromatic carbocycles. The Morgan fingerprint density at radius 3 is 2.71 bits per heavy atom. The van der Waals surface area contributed by atoms with Crippen LogP contribution in [-0.4, -0.2) is 23.9 Å². The lowest BCUT2D eigenvalue weighted by Crippen LogP contribution is -2.14. The number of nitrogens with two attached hydrogens (primary N) is 1. The van der Waals surface area contributed by atoms with Crippen LogP contribution in [0.1, 0.15) is 11.6 Å². The fourth-order valence-corrected chi connectivity index (χ4v) is 1.53. The van der Waals surface area contributed by atoms with Crippen molar-refractivity contribution in [2.75, 3.05) is 13.7 Å². The molecule has 0 spiro atoms. The maximum atomic E-state index is 9.50. The van der Waals surface area contributed by atoms with E-state index < -0.39 is 6.04 Å². The van der Waals surface area contributed by atoms with Gasteiger partial charge in [0, 0.05) is 0 Å². The summed E-state index contributed by atoms with van der Waals surface area (Å²) in [6.07, 6.45) is 0. The highest BCUT2D eigenvalue weighted by molar-refractivity contribution is 9.10. The van der Waals surface area contributed by atoms with Gasteiger partial charge < -0.3 is 20.7 Å². The summed E-state index contributed by atoms with van der Waals surface area (Å²) in [4.78, 5) is 0. The van der Waals surface area contributed by atoms with Crippen LogP contribution in [0.15, 0.2) is 16.6 Å². The van der Waals surface area contributed by atoms with E-state index in [-0.39, 0.29) is 12.4 Å². The number of ether oxygens (including phenoxy) is 1. The zero-order chi connectivity index (χ0) is 10.7. The highest BCUT2D eigenvalue weighted by Crippen LogP contribution is 2.36. The van der Waals surface area contributed by atoms with Crippen LogP contribution in [0.25, 0.3) is 0 Å². The molecular formula is C9H12BrNO3. The minimum atomic E-state index is -0.471. The fraction of sp³-hybridized carbons (Fsp3) is 0.333. The zero-order valence-electron chi connectivity index (χ0n) is 7.70. The van der Waals surface area contributed by atoms with Gasteiger partial charge >= 0.3 is 0 Å². The Bertz CT molecular complexity index is 330. The lowest BCUT2D eigenvalue weighted by atomic mass is 10.1. The van der Waals surface area contributed by atoms with Crippen molar-refractivity contribution >= 4 is 15.9 Å². The number of phenols is 1. The van der Waals surface area contributed by atoms with Crippen LogP contribution < -0.4 is 10.5 Å². The van der Waals surface area contributed by atoms with Gasteiger partial charge in [0.25, 0.3) is 0 Å². The van der Waals surface area contributed by atoms with Crippen molar-refractivity contribution in [2.45, 2.75) is 6.04 Å². The predicted molar refractivity (Wildman–Crippen MR) is 56.4 cm³/mol. The smallest absolute Gasteiger partial charge is 0.172 e. The van der Waals surface area contributed by atoms with E-state index in [1.165, 1.54) is 7.11 Å². The molecular weight excluding hydrogens is 250 g/mol. The molecule has 1 aromatic rings. The summed E-state index contributed by atoms with van der Waals surface area (Å²) in [5, 5.41) is 18.4. The third kappa shape index (κ3) is 2.17. The van der Waals surface area contributed by atoms with E-state index in [2.05, 4.69) is 15.9 Å². The maximum Gasteiger partial charge on any atom is 0.172 e. The molecule has 0 radical (unpaired) electrons. The standard InChI is InChI=1S/C9H12BrNO3/c1-14-8-3-5(7(11)4-12)2-6(10)9(8)13/h2-3,7,12-13H,4,11H2,1H3/t7-/m1/s1. The van der Waals surface area contributed by atoms with Crippen molar-refractivity contribution in [1.29, 1.82) is 0 Å². The molecule has 0 aliphatic carbocycles. The number of aliphatic hydroxyl groups excluding tert-OH is 1. The summed E-state index contributed by atoms with van der Waals surface area (Å²) >= 11 is 3.17. The number of aliphatic hydroxyl groups is 1. The number of rotatable bonds is 3.